The Balaban J connectivity index is 2.12. The molecule has 0 fully saturated rings. The molecule has 5 heteroatoms. The van der Waals surface area contributed by atoms with Gasteiger partial charge in [0.2, 0.25) is 0 Å². The molecule has 0 aromatic carbocycles. The van der Waals surface area contributed by atoms with Crippen molar-refractivity contribution in [2.75, 3.05) is 7.05 Å². The van der Waals surface area contributed by atoms with Crippen LogP contribution in [0.25, 0.3) is 0 Å². The molecular formula is C11H13BrN2S2. The quantitative estimate of drug-likeness (QED) is 0.928. The number of thiazole rings is 1. The largest absolute Gasteiger partial charge is 0.312 e. The zero-order valence-corrected chi connectivity index (χ0v) is 12.4. The molecule has 2 rings (SSSR count). The Labute approximate surface area is 112 Å². The molecule has 86 valence electrons. The number of likely N-dealkylation sites (N-methyl/N-ethyl adjacent to an activating group) is 1. The minimum absolute atomic E-state index is 0.359. The Kier molecular flexibility index (Phi) is 4.13. The predicted molar refractivity (Wildman–Crippen MR) is 74.4 cm³/mol. The lowest BCUT2D eigenvalue weighted by Crippen LogP contribution is -2.17. The second-order valence-electron chi connectivity index (χ2n) is 3.57. The van der Waals surface area contributed by atoms with E-state index in [0.717, 1.165) is 15.9 Å². The summed E-state index contributed by atoms with van der Waals surface area (Å²) < 4.78 is 1.15. The SMILES string of the molecule is CNC(Cc1csc(C)n1)c1cc(Br)cs1. The van der Waals surface area contributed by atoms with E-state index in [-0.39, 0.29) is 0 Å². The monoisotopic (exact) mass is 316 g/mol. The van der Waals surface area contributed by atoms with Crippen LogP contribution in [0.4, 0.5) is 0 Å². The van der Waals surface area contributed by atoms with Crippen LogP contribution in [0.1, 0.15) is 21.6 Å². The smallest absolute Gasteiger partial charge is 0.0897 e. The summed E-state index contributed by atoms with van der Waals surface area (Å²) in [5, 5.41) is 8.74. The summed E-state index contributed by atoms with van der Waals surface area (Å²) in [6.07, 6.45) is 0.952. The van der Waals surface area contributed by atoms with Crippen molar-refractivity contribution in [1.82, 2.24) is 10.3 Å². The third-order valence-electron chi connectivity index (χ3n) is 2.36. The predicted octanol–water partition coefficient (Wildman–Crippen LogP) is 3.78. The lowest BCUT2D eigenvalue weighted by molar-refractivity contribution is 0.595. The molecule has 2 heterocycles. The number of thiophene rings is 1. The lowest BCUT2D eigenvalue weighted by Gasteiger charge is -2.12. The van der Waals surface area contributed by atoms with Gasteiger partial charge in [-0.1, -0.05) is 0 Å². The third kappa shape index (κ3) is 2.91. The Bertz CT molecular complexity index is 464. The van der Waals surface area contributed by atoms with E-state index in [1.807, 2.05) is 14.0 Å². The number of aromatic nitrogens is 1. The average Bonchev–Trinajstić information content (AvgIpc) is 2.84. The highest BCUT2D eigenvalue weighted by Gasteiger charge is 2.13. The maximum atomic E-state index is 4.50. The van der Waals surface area contributed by atoms with Crippen LogP contribution in [0.2, 0.25) is 0 Å². The minimum Gasteiger partial charge on any atom is -0.312 e. The van der Waals surface area contributed by atoms with Gasteiger partial charge in [0.1, 0.15) is 0 Å². The van der Waals surface area contributed by atoms with Crippen LogP contribution in [0.15, 0.2) is 21.3 Å². The molecule has 0 bridgehead atoms. The number of halogens is 1. The van der Waals surface area contributed by atoms with E-state index >= 15 is 0 Å². The third-order valence-corrected chi connectivity index (χ3v) is 4.99. The first-order valence-corrected chi connectivity index (χ1v) is 7.56. The second-order valence-corrected chi connectivity index (χ2v) is 6.49. The molecule has 0 aliphatic rings. The van der Waals surface area contributed by atoms with Gasteiger partial charge in [-0.2, -0.15) is 0 Å². The molecule has 0 aliphatic heterocycles. The zero-order chi connectivity index (χ0) is 11.5. The van der Waals surface area contributed by atoms with Crippen molar-refractivity contribution in [3.63, 3.8) is 0 Å². The van der Waals surface area contributed by atoms with Gasteiger partial charge in [-0.05, 0) is 36.0 Å². The number of aryl methyl sites for hydroxylation is 1. The highest BCUT2D eigenvalue weighted by atomic mass is 79.9. The molecule has 1 atom stereocenters. The second kappa shape index (κ2) is 5.40. The van der Waals surface area contributed by atoms with E-state index < -0.39 is 0 Å². The molecule has 0 aliphatic carbocycles. The van der Waals surface area contributed by atoms with E-state index in [0.29, 0.717) is 6.04 Å². The van der Waals surface area contributed by atoms with Crippen LogP contribution in [0.5, 0.6) is 0 Å². The van der Waals surface area contributed by atoms with E-state index in [1.165, 1.54) is 10.6 Å². The Morgan fingerprint density at radius 2 is 2.25 bits per heavy atom. The van der Waals surface area contributed by atoms with Gasteiger partial charge in [-0.25, -0.2) is 4.98 Å². The van der Waals surface area contributed by atoms with E-state index in [1.54, 1.807) is 22.7 Å². The lowest BCUT2D eigenvalue weighted by atomic mass is 10.1. The molecule has 0 radical (unpaired) electrons. The van der Waals surface area contributed by atoms with Crippen LogP contribution in [0.3, 0.4) is 0 Å². The van der Waals surface area contributed by atoms with Crippen molar-refractivity contribution >= 4 is 38.6 Å². The molecule has 2 aromatic heterocycles. The summed E-state index contributed by atoms with van der Waals surface area (Å²) in [7, 11) is 2.00. The highest BCUT2D eigenvalue weighted by Crippen LogP contribution is 2.27. The molecule has 1 N–H and O–H groups in total. The van der Waals surface area contributed by atoms with Crippen molar-refractivity contribution in [2.45, 2.75) is 19.4 Å². The van der Waals surface area contributed by atoms with Crippen molar-refractivity contribution in [2.24, 2.45) is 0 Å². The first-order chi connectivity index (χ1) is 7.69. The number of rotatable bonds is 4. The fraction of sp³-hybridized carbons (Fsp3) is 0.364. The van der Waals surface area contributed by atoms with Crippen LogP contribution in [-0.2, 0) is 6.42 Å². The molecular weight excluding hydrogens is 304 g/mol. The zero-order valence-electron chi connectivity index (χ0n) is 9.16. The summed E-state index contributed by atoms with van der Waals surface area (Å²) in [6, 6.07) is 2.53. The molecule has 2 nitrogen and oxygen atoms in total. The van der Waals surface area contributed by atoms with Crippen molar-refractivity contribution in [3.05, 3.63) is 36.9 Å². The Morgan fingerprint density at radius 1 is 1.44 bits per heavy atom. The number of nitrogens with one attached hydrogen (secondary N) is 1. The maximum absolute atomic E-state index is 4.50. The normalized spacial score (nSPS) is 12.9. The Hall–Kier alpha value is -0.230. The standard InChI is InChI=1S/C11H13BrN2S2/c1-7-14-9(6-15-7)4-10(13-2)11-3-8(12)5-16-11/h3,5-6,10,13H,4H2,1-2H3. The maximum Gasteiger partial charge on any atom is 0.0897 e. The highest BCUT2D eigenvalue weighted by molar-refractivity contribution is 9.10. The van der Waals surface area contributed by atoms with Gasteiger partial charge in [-0.15, -0.1) is 22.7 Å². The molecule has 1 unspecified atom stereocenters. The number of hydrogen-bond acceptors (Lipinski definition) is 4. The van der Waals surface area contributed by atoms with Gasteiger partial charge in [0.25, 0.3) is 0 Å². The number of hydrogen-bond donors (Lipinski definition) is 1. The Morgan fingerprint density at radius 3 is 2.75 bits per heavy atom. The summed E-state index contributed by atoms with van der Waals surface area (Å²) in [5.41, 5.74) is 1.17. The summed E-state index contributed by atoms with van der Waals surface area (Å²) in [4.78, 5) is 5.85. The first kappa shape index (κ1) is 12.2. The molecule has 0 saturated carbocycles. The van der Waals surface area contributed by atoms with Crippen LogP contribution < -0.4 is 5.32 Å². The molecule has 2 aromatic rings. The summed E-state index contributed by atoms with van der Waals surface area (Å²) in [5.74, 6) is 0. The molecule has 0 amide bonds. The van der Waals surface area contributed by atoms with Crippen LogP contribution in [-0.4, -0.2) is 12.0 Å². The molecule has 0 spiro atoms. The van der Waals surface area contributed by atoms with Crippen molar-refractivity contribution in [1.29, 1.82) is 0 Å². The first-order valence-electron chi connectivity index (χ1n) is 5.01. The van der Waals surface area contributed by atoms with Crippen molar-refractivity contribution in [3.8, 4) is 0 Å². The fourth-order valence-electron chi connectivity index (χ4n) is 1.57. The van der Waals surface area contributed by atoms with Gasteiger partial charge in [0.05, 0.1) is 10.7 Å². The minimum atomic E-state index is 0.359. The van der Waals surface area contributed by atoms with Crippen molar-refractivity contribution < 1.29 is 0 Å². The summed E-state index contributed by atoms with van der Waals surface area (Å²) in [6.45, 7) is 2.05. The van der Waals surface area contributed by atoms with Crippen LogP contribution in [0, 0.1) is 6.92 Å². The van der Waals surface area contributed by atoms with E-state index in [9.17, 15) is 0 Å². The van der Waals surface area contributed by atoms with Gasteiger partial charge in [-0.3, -0.25) is 0 Å². The fourth-order valence-corrected chi connectivity index (χ4v) is 3.75. The van der Waals surface area contributed by atoms with Crippen LogP contribution >= 0.6 is 38.6 Å². The molecule has 16 heavy (non-hydrogen) atoms. The van der Waals surface area contributed by atoms with Gasteiger partial charge >= 0.3 is 0 Å². The van der Waals surface area contributed by atoms with Gasteiger partial charge in [0, 0.05) is 32.6 Å². The van der Waals surface area contributed by atoms with Gasteiger partial charge in [0.15, 0.2) is 0 Å². The number of nitrogens with zero attached hydrogens (tertiary/aromatic N) is 1. The van der Waals surface area contributed by atoms with Gasteiger partial charge < -0.3 is 5.32 Å². The summed E-state index contributed by atoms with van der Waals surface area (Å²) >= 11 is 6.98. The average molecular weight is 317 g/mol. The van der Waals surface area contributed by atoms with E-state index in [2.05, 4.69) is 43.1 Å². The van der Waals surface area contributed by atoms with E-state index in [4.69, 9.17) is 0 Å². The topological polar surface area (TPSA) is 24.9 Å². The molecule has 0 saturated heterocycles.